The van der Waals surface area contributed by atoms with Crippen LogP contribution in [-0.2, 0) is 13.6 Å². The van der Waals surface area contributed by atoms with Gasteiger partial charge in [-0.25, -0.2) is 0 Å². The van der Waals surface area contributed by atoms with Gasteiger partial charge in [0.25, 0.3) is 0 Å². The summed E-state index contributed by atoms with van der Waals surface area (Å²) in [4.78, 5) is 2.48. The third kappa shape index (κ3) is 3.04. The molecule has 3 heterocycles. The highest BCUT2D eigenvalue weighted by molar-refractivity contribution is 5.83. The van der Waals surface area contributed by atoms with Crippen LogP contribution in [0.4, 0.5) is 0 Å². The first-order valence-electron chi connectivity index (χ1n) is 9.42. The molecule has 1 unspecified atom stereocenters. The standard InChI is InChI=1S/C22H22N4O/c1-25-13-18(19-9-5-6-10-20(19)25)15-26-12-11-17(14-26)22-24-23-21(27-22)16-7-3-2-4-8-16/h2-10,13,17H,11-12,14-15H2,1H3. The number of aromatic nitrogens is 3. The van der Waals surface area contributed by atoms with Crippen molar-refractivity contribution in [2.75, 3.05) is 13.1 Å². The Morgan fingerprint density at radius 1 is 1.04 bits per heavy atom. The summed E-state index contributed by atoms with van der Waals surface area (Å²) in [6, 6.07) is 18.6. The summed E-state index contributed by atoms with van der Waals surface area (Å²) < 4.78 is 8.18. The lowest BCUT2D eigenvalue weighted by atomic mass is 10.1. The lowest BCUT2D eigenvalue weighted by Crippen LogP contribution is -2.19. The van der Waals surface area contributed by atoms with E-state index in [0.29, 0.717) is 11.8 Å². The lowest BCUT2D eigenvalue weighted by molar-refractivity contribution is 0.321. The van der Waals surface area contributed by atoms with Crippen LogP contribution in [0.2, 0.25) is 0 Å². The van der Waals surface area contributed by atoms with Crippen LogP contribution in [0.15, 0.2) is 65.2 Å². The molecule has 0 N–H and O–H groups in total. The average Bonchev–Trinajstić information content (AvgIpc) is 3.43. The Labute approximate surface area is 158 Å². The molecule has 136 valence electrons. The molecule has 1 aliphatic heterocycles. The number of rotatable bonds is 4. The SMILES string of the molecule is Cn1cc(CN2CCC(c3nnc(-c4ccccc4)o3)C2)c2ccccc21. The van der Waals surface area contributed by atoms with E-state index in [4.69, 9.17) is 4.42 Å². The fourth-order valence-electron chi connectivity index (χ4n) is 4.07. The summed E-state index contributed by atoms with van der Waals surface area (Å²) in [6.07, 6.45) is 3.30. The van der Waals surface area contributed by atoms with Crippen molar-refractivity contribution >= 4 is 10.9 Å². The van der Waals surface area contributed by atoms with Gasteiger partial charge in [-0.05, 0) is 36.7 Å². The summed E-state index contributed by atoms with van der Waals surface area (Å²) in [5.41, 5.74) is 3.64. The molecule has 2 aromatic heterocycles. The highest BCUT2D eigenvalue weighted by atomic mass is 16.4. The molecule has 2 aromatic carbocycles. The zero-order valence-corrected chi connectivity index (χ0v) is 15.4. The van der Waals surface area contributed by atoms with E-state index in [1.54, 1.807) is 0 Å². The Balaban J connectivity index is 1.31. The second-order valence-corrected chi connectivity index (χ2v) is 7.31. The van der Waals surface area contributed by atoms with Gasteiger partial charge in [-0.15, -0.1) is 10.2 Å². The van der Waals surface area contributed by atoms with Gasteiger partial charge in [0.2, 0.25) is 11.8 Å². The van der Waals surface area contributed by atoms with Crippen LogP contribution in [0, 0.1) is 0 Å². The zero-order valence-electron chi connectivity index (χ0n) is 15.4. The van der Waals surface area contributed by atoms with Crippen molar-refractivity contribution in [2.45, 2.75) is 18.9 Å². The molecule has 5 heteroatoms. The largest absolute Gasteiger partial charge is 0.420 e. The van der Waals surface area contributed by atoms with Gasteiger partial charge < -0.3 is 8.98 Å². The highest BCUT2D eigenvalue weighted by Gasteiger charge is 2.28. The first-order chi connectivity index (χ1) is 13.3. The predicted molar refractivity (Wildman–Crippen MR) is 105 cm³/mol. The molecule has 4 aromatic rings. The Morgan fingerprint density at radius 2 is 1.85 bits per heavy atom. The molecule has 5 rings (SSSR count). The van der Waals surface area contributed by atoms with Crippen molar-refractivity contribution < 1.29 is 4.42 Å². The van der Waals surface area contributed by atoms with Crippen LogP contribution in [0.25, 0.3) is 22.4 Å². The van der Waals surface area contributed by atoms with Gasteiger partial charge in [-0.3, -0.25) is 4.90 Å². The molecule has 5 nitrogen and oxygen atoms in total. The van der Waals surface area contributed by atoms with Crippen LogP contribution in [-0.4, -0.2) is 32.8 Å². The third-order valence-electron chi connectivity index (χ3n) is 5.46. The monoisotopic (exact) mass is 358 g/mol. The van der Waals surface area contributed by atoms with E-state index in [0.717, 1.165) is 37.5 Å². The first-order valence-corrected chi connectivity index (χ1v) is 9.42. The number of nitrogens with zero attached hydrogens (tertiary/aromatic N) is 4. The molecule has 0 aliphatic carbocycles. The van der Waals surface area contributed by atoms with Gasteiger partial charge in [0.05, 0.1) is 5.92 Å². The third-order valence-corrected chi connectivity index (χ3v) is 5.46. The number of fused-ring (bicyclic) bond motifs is 1. The maximum absolute atomic E-state index is 5.97. The molecule has 0 bridgehead atoms. The Kier molecular flexibility index (Phi) is 4.02. The van der Waals surface area contributed by atoms with Crippen LogP contribution < -0.4 is 0 Å². The van der Waals surface area contributed by atoms with E-state index < -0.39 is 0 Å². The number of hydrogen-bond acceptors (Lipinski definition) is 4. The van der Waals surface area contributed by atoms with E-state index in [-0.39, 0.29) is 0 Å². The Morgan fingerprint density at radius 3 is 2.74 bits per heavy atom. The van der Waals surface area contributed by atoms with Crippen molar-refractivity contribution in [3.05, 3.63) is 72.2 Å². The van der Waals surface area contributed by atoms with Gasteiger partial charge >= 0.3 is 0 Å². The average molecular weight is 358 g/mol. The molecule has 0 saturated carbocycles. The van der Waals surface area contributed by atoms with Crippen LogP contribution in [0.1, 0.15) is 23.8 Å². The van der Waals surface area contributed by atoms with E-state index in [9.17, 15) is 0 Å². The molecule has 1 fully saturated rings. The van der Waals surface area contributed by atoms with Gasteiger partial charge in [0.15, 0.2) is 0 Å². The second-order valence-electron chi connectivity index (χ2n) is 7.31. The van der Waals surface area contributed by atoms with Crippen LogP contribution in [0.3, 0.4) is 0 Å². The summed E-state index contributed by atoms with van der Waals surface area (Å²) in [5.74, 6) is 1.68. The van der Waals surface area contributed by atoms with Crippen molar-refractivity contribution in [3.8, 4) is 11.5 Å². The Hall–Kier alpha value is -2.92. The molecule has 0 radical (unpaired) electrons. The van der Waals surface area contributed by atoms with Gasteiger partial charge in [-0.2, -0.15) is 0 Å². The molecule has 1 atom stereocenters. The van der Waals surface area contributed by atoms with E-state index >= 15 is 0 Å². The minimum atomic E-state index is 0.310. The number of hydrogen-bond donors (Lipinski definition) is 0. The molecule has 1 saturated heterocycles. The molecule has 1 aliphatic rings. The van der Waals surface area contributed by atoms with Crippen LogP contribution in [0.5, 0.6) is 0 Å². The fraction of sp³-hybridized carbons (Fsp3) is 0.273. The minimum absolute atomic E-state index is 0.310. The minimum Gasteiger partial charge on any atom is -0.420 e. The summed E-state index contributed by atoms with van der Waals surface area (Å²) in [7, 11) is 2.11. The maximum Gasteiger partial charge on any atom is 0.247 e. The molecular weight excluding hydrogens is 336 g/mol. The van der Waals surface area contributed by atoms with E-state index in [1.165, 1.54) is 16.5 Å². The second kappa shape index (κ2) is 6.67. The van der Waals surface area contributed by atoms with Crippen molar-refractivity contribution in [1.29, 1.82) is 0 Å². The number of aryl methyl sites for hydroxylation is 1. The summed E-state index contributed by atoms with van der Waals surface area (Å²) >= 11 is 0. The van der Waals surface area contributed by atoms with Crippen molar-refractivity contribution in [3.63, 3.8) is 0 Å². The zero-order chi connectivity index (χ0) is 18.2. The topological polar surface area (TPSA) is 47.1 Å². The maximum atomic E-state index is 5.97. The number of para-hydroxylation sites is 1. The fourth-order valence-corrected chi connectivity index (χ4v) is 4.07. The summed E-state index contributed by atoms with van der Waals surface area (Å²) in [5, 5.41) is 9.91. The van der Waals surface area contributed by atoms with Gasteiger partial charge in [-0.1, -0.05) is 36.4 Å². The first kappa shape index (κ1) is 16.3. The molecular formula is C22H22N4O. The van der Waals surface area contributed by atoms with Crippen LogP contribution >= 0.6 is 0 Å². The smallest absolute Gasteiger partial charge is 0.247 e. The van der Waals surface area contributed by atoms with E-state index in [1.807, 2.05) is 30.3 Å². The van der Waals surface area contributed by atoms with Gasteiger partial charge in [0, 0.05) is 42.8 Å². The number of benzene rings is 2. The van der Waals surface area contributed by atoms with E-state index in [2.05, 4.69) is 57.2 Å². The Bertz CT molecular complexity index is 1070. The van der Waals surface area contributed by atoms with Crippen molar-refractivity contribution in [2.24, 2.45) is 7.05 Å². The van der Waals surface area contributed by atoms with Gasteiger partial charge in [0.1, 0.15) is 0 Å². The quantitative estimate of drug-likeness (QED) is 0.548. The molecule has 0 amide bonds. The molecule has 0 spiro atoms. The predicted octanol–water partition coefficient (Wildman–Crippen LogP) is 4.22. The molecule has 27 heavy (non-hydrogen) atoms. The summed E-state index contributed by atoms with van der Waals surface area (Å²) in [6.45, 7) is 2.97. The van der Waals surface area contributed by atoms with Crippen molar-refractivity contribution in [1.82, 2.24) is 19.7 Å². The lowest BCUT2D eigenvalue weighted by Gasteiger charge is -2.14. The normalized spacial score (nSPS) is 17.7. The highest BCUT2D eigenvalue weighted by Crippen LogP contribution is 2.30. The number of likely N-dealkylation sites (tertiary alicyclic amines) is 1.